The normalized spacial score (nSPS) is 15.2. The van der Waals surface area contributed by atoms with Gasteiger partial charge < -0.3 is 15.4 Å². The summed E-state index contributed by atoms with van der Waals surface area (Å²) in [6.07, 6.45) is 0. The van der Waals surface area contributed by atoms with Crippen molar-refractivity contribution in [3.63, 3.8) is 0 Å². The second-order valence-electron chi connectivity index (χ2n) is 4.78. The molecule has 0 bridgehead atoms. The number of thiophene rings is 1. The van der Waals surface area contributed by atoms with Gasteiger partial charge in [0, 0.05) is 4.88 Å². The van der Waals surface area contributed by atoms with Gasteiger partial charge in [0.05, 0.1) is 11.7 Å². The number of nitrogens with one attached hydrogen (secondary N) is 2. The van der Waals surface area contributed by atoms with Crippen molar-refractivity contribution in [3.05, 3.63) is 45.6 Å². The van der Waals surface area contributed by atoms with Gasteiger partial charge in [-0.05, 0) is 48.7 Å². The number of benzene rings is 1. The average molecular weight is 288 g/mol. The van der Waals surface area contributed by atoms with Gasteiger partial charge in [0.15, 0.2) is 6.61 Å². The van der Waals surface area contributed by atoms with E-state index in [1.165, 1.54) is 10.4 Å². The van der Waals surface area contributed by atoms with Crippen LogP contribution in [0.5, 0.6) is 5.75 Å². The summed E-state index contributed by atoms with van der Waals surface area (Å²) in [5.41, 5.74) is 3.13. The van der Waals surface area contributed by atoms with E-state index in [4.69, 9.17) is 4.74 Å². The van der Waals surface area contributed by atoms with E-state index < -0.39 is 0 Å². The lowest BCUT2D eigenvalue weighted by atomic mass is 10.0. The first kappa shape index (κ1) is 13.1. The van der Waals surface area contributed by atoms with Crippen LogP contribution in [-0.4, -0.2) is 19.6 Å². The Bertz CT molecular complexity index is 651. The van der Waals surface area contributed by atoms with E-state index in [9.17, 15) is 4.79 Å². The number of anilines is 1. The number of aryl methyl sites for hydroxylation is 1. The molecule has 1 aliphatic heterocycles. The topological polar surface area (TPSA) is 50.4 Å². The lowest BCUT2D eigenvalue weighted by molar-refractivity contribution is -0.118. The van der Waals surface area contributed by atoms with Crippen LogP contribution in [0.3, 0.4) is 0 Å². The maximum atomic E-state index is 11.4. The van der Waals surface area contributed by atoms with Crippen LogP contribution in [0.2, 0.25) is 0 Å². The Hall–Kier alpha value is -1.85. The number of carbonyl (C=O) groups excluding carboxylic acids is 1. The van der Waals surface area contributed by atoms with Crippen LogP contribution < -0.4 is 15.4 Å². The molecule has 0 spiro atoms. The molecule has 104 valence electrons. The third-order valence-corrected chi connectivity index (χ3v) is 4.51. The van der Waals surface area contributed by atoms with Crippen LogP contribution >= 0.6 is 11.3 Å². The molecule has 1 aromatic carbocycles. The molecule has 1 unspecified atom stereocenters. The Labute approximate surface area is 121 Å². The number of rotatable bonds is 3. The summed E-state index contributed by atoms with van der Waals surface area (Å²) in [5.74, 6) is 0.620. The summed E-state index contributed by atoms with van der Waals surface area (Å²) in [6, 6.07) is 8.17. The highest BCUT2D eigenvalue weighted by molar-refractivity contribution is 7.10. The lowest BCUT2D eigenvalue weighted by Crippen LogP contribution is -2.26. The molecule has 2 heterocycles. The van der Waals surface area contributed by atoms with Crippen molar-refractivity contribution in [2.45, 2.75) is 13.0 Å². The number of carbonyl (C=O) groups is 1. The minimum absolute atomic E-state index is 0.0891. The maximum Gasteiger partial charge on any atom is 0.262 e. The zero-order valence-electron chi connectivity index (χ0n) is 11.4. The molecule has 2 N–H and O–H groups in total. The second-order valence-corrected chi connectivity index (χ2v) is 5.73. The Balaban J connectivity index is 1.99. The fraction of sp³-hybridized carbons (Fsp3) is 0.267. The molecule has 1 aliphatic rings. The predicted octanol–water partition coefficient (Wildman–Crippen LogP) is 2.70. The molecular weight excluding hydrogens is 272 g/mol. The fourth-order valence-corrected chi connectivity index (χ4v) is 3.47. The largest absolute Gasteiger partial charge is 0.482 e. The van der Waals surface area contributed by atoms with Gasteiger partial charge in [-0.15, -0.1) is 11.3 Å². The number of ether oxygens (including phenoxy) is 1. The SMILES string of the molecule is CNC(c1ccc2c(c1)NC(=O)CO2)c1sccc1C. The molecule has 5 heteroatoms. The summed E-state index contributed by atoms with van der Waals surface area (Å²) >= 11 is 1.73. The standard InChI is InChI=1S/C15H16N2O2S/c1-9-5-6-20-15(9)14(16-2)10-3-4-12-11(7-10)17-13(18)8-19-12/h3-7,14,16H,8H2,1-2H3,(H,17,18). The monoisotopic (exact) mass is 288 g/mol. The molecule has 0 fully saturated rings. The number of fused-ring (bicyclic) bond motifs is 1. The van der Waals surface area contributed by atoms with Crippen molar-refractivity contribution < 1.29 is 9.53 Å². The average Bonchev–Trinajstić information content (AvgIpc) is 2.86. The highest BCUT2D eigenvalue weighted by Crippen LogP contribution is 2.34. The molecule has 1 atom stereocenters. The Morgan fingerprint density at radius 2 is 2.25 bits per heavy atom. The van der Waals surface area contributed by atoms with Gasteiger partial charge >= 0.3 is 0 Å². The third-order valence-electron chi connectivity index (χ3n) is 3.42. The second kappa shape index (κ2) is 5.26. The zero-order chi connectivity index (χ0) is 14.1. The first-order chi connectivity index (χ1) is 9.69. The van der Waals surface area contributed by atoms with Gasteiger partial charge in [0.2, 0.25) is 0 Å². The van der Waals surface area contributed by atoms with Gasteiger partial charge in [0.1, 0.15) is 5.75 Å². The molecule has 1 amide bonds. The van der Waals surface area contributed by atoms with Crippen LogP contribution in [0, 0.1) is 6.92 Å². The fourth-order valence-electron chi connectivity index (χ4n) is 2.41. The Morgan fingerprint density at radius 3 is 2.95 bits per heavy atom. The first-order valence-corrected chi connectivity index (χ1v) is 7.35. The van der Waals surface area contributed by atoms with Crippen LogP contribution in [0.25, 0.3) is 0 Å². The van der Waals surface area contributed by atoms with Crippen molar-refractivity contribution in [2.75, 3.05) is 19.0 Å². The Morgan fingerprint density at radius 1 is 1.40 bits per heavy atom. The van der Waals surface area contributed by atoms with E-state index in [0.717, 1.165) is 17.0 Å². The minimum atomic E-state index is -0.108. The molecule has 2 aromatic rings. The molecule has 3 rings (SSSR count). The van der Waals surface area contributed by atoms with Crippen LogP contribution in [0.1, 0.15) is 22.0 Å². The zero-order valence-corrected chi connectivity index (χ0v) is 12.2. The van der Waals surface area contributed by atoms with Gasteiger partial charge in [-0.1, -0.05) is 6.07 Å². The van der Waals surface area contributed by atoms with Crippen LogP contribution in [0.4, 0.5) is 5.69 Å². The number of amides is 1. The number of hydrogen-bond donors (Lipinski definition) is 2. The summed E-state index contributed by atoms with van der Waals surface area (Å²) < 4.78 is 5.39. The lowest BCUT2D eigenvalue weighted by Gasteiger charge is -2.22. The third kappa shape index (κ3) is 2.30. The number of hydrogen-bond acceptors (Lipinski definition) is 4. The van der Waals surface area contributed by atoms with Crippen molar-refractivity contribution in [3.8, 4) is 5.75 Å². The van der Waals surface area contributed by atoms with Gasteiger partial charge in [-0.2, -0.15) is 0 Å². The van der Waals surface area contributed by atoms with E-state index >= 15 is 0 Å². The predicted molar refractivity (Wildman–Crippen MR) is 80.5 cm³/mol. The van der Waals surface area contributed by atoms with Crippen molar-refractivity contribution in [1.29, 1.82) is 0 Å². The first-order valence-electron chi connectivity index (χ1n) is 6.47. The highest BCUT2D eigenvalue weighted by atomic mass is 32.1. The highest BCUT2D eigenvalue weighted by Gasteiger charge is 2.20. The summed E-state index contributed by atoms with van der Waals surface area (Å²) in [5, 5.41) is 8.28. The van der Waals surface area contributed by atoms with Crippen LogP contribution in [-0.2, 0) is 4.79 Å². The van der Waals surface area contributed by atoms with Gasteiger partial charge in [-0.3, -0.25) is 4.79 Å². The van der Waals surface area contributed by atoms with Crippen LogP contribution in [0.15, 0.2) is 29.6 Å². The molecule has 0 aliphatic carbocycles. The maximum absolute atomic E-state index is 11.4. The molecule has 20 heavy (non-hydrogen) atoms. The van der Waals surface area contributed by atoms with E-state index in [1.54, 1.807) is 11.3 Å². The van der Waals surface area contributed by atoms with Gasteiger partial charge in [0.25, 0.3) is 5.91 Å². The van der Waals surface area contributed by atoms with Crippen molar-refractivity contribution >= 4 is 22.9 Å². The summed E-state index contributed by atoms with van der Waals surface area (Å²) in [7, 11) is 1.94. The minimum Gasteiger partial charge on any atom is -0.482 e. The van der Waals surface area contributed by atoms with Gasteiger partial charge in [-0.25, -0.2) is 0 Å². The van der Waals surface area contributed by atoms with Crippen molar-refractivity contribution in [2.24, 2.45) is 0 Å². The quantitative estimate of drug-likeness (QED) is 0.913. The summed E-state index contributed by atoms with van der Waals surface area (Å²) in [6.45, 7) is 2.20. The molecular formula is C15H16N2O2S. The molecule has 0 radical (unpaired) electrons. The van der Waals surface area contributed by atoms with E-state index in [0.29, 0.717) is 0 Å². The molecule has 4 nitrogen and oxygen atoms in total. The molecule has 1 aromatic heterocycles. The van der Waals surface area contributed by atoms with E-state index in [1.807, 2.05) is 25.2 Å². The molecule has 0 saturated carbocycles. The smallest absolute Gasteiger partial charge is 0.262 e. The van der Waals surface area contributed by atoms with Crippen molar-refractivity contribution in [1.82, 2.24) is 5.32 Å². The summed E-state index contributed by atoms with van der Waals surface area (Å²) in [4.78, 5) is 12.7. The van der Waals surface area contributed by atoms with E-state index in [-0.39, 0.29) is 18.6 Å². The molecule has 0 saturated heterocycles. The Kier molecular flexibility index (Phi) is 3.46. The van der Waals surface area contributed by atoms with E-state index in [2.05, 4.69) is 29.0 Å².